The van der Waals surface area contributed by atoms with Gasteiger partial charge in [0.05, 0.1) is 13.2 Å². The van der Waals surface area contributed by atoms with Gasteiger partial charge in [-0.2, -0.15) is 0 Å². The zero-order valence-corrected chi connectivity index (χ0v) is 14.0. The molecule has 1 amide bonds. The maximum atomic E-state index is 13.1. The quantitative estimate of drug-likeness (QED) is 0.928. The first-order chi connectivity index (χ1) is 11.7. The van der Waals surface area contributed by atoms with Crippen molar-refractivity contribution in [3.63, 3.8) is 0 Å². The van der Waals surface area contributed by atoms with E-state index in [2.05, 4.69) is 22.4 Å². The lowest BCUT2D eigenvalue weighted by molar-refractivity contribution is 0.0698. The Labute approximate surface area is 141 Å². The zero-order valence-electron chi connectivity index (χ0n) is 14.0. The van der Waals surface area contributed by atoms with Crippen molar-refractivity contribution in [2.45, 2.75) is 6.04 Å². The summed E-state index contributed by atoms with van der Waals surface area (Å²) in [5.74, 6) is 2.29. The maximum Gasteiger partial charge on any atom is 0.290 e. The van der Waals surface area contributed by atoms with Gasteiger partial charge in [-0.1, -0.05) is 12.1 Å². The van der Waals surface area contributed by atoms with Gasteiger partial charge in [-0.25, -0.2) is 4.98 Å². The van der Waals surface area contributed by atoms with Crippen molar-refractivity contribution in [3.8, 4) is 5.75 Å². The Morgan fingerprint density at radius 2 is 2.08 bits per heavy atom. The van der Waals surface area contributed by atoms with Gasteiger partial charge in [0.15, 0.2) is 5.82 Å². The van der Waals surface area contributed by atoms with Crippen molar-refractivity contribution in [2.24, 2.45) is 18.9 Å². The number of benzene rings is 1. The molecule has 0 saturated carbocycles. The average molecular weight is 326 g/mol. The van der Waals surface area contributed by atoms with Crippen LogP contribution in [0.2, 0.25) is 0 Å². The molecule has 2 aromatic rings. The highest BCUT2D eigenvalue weighted by Gasteiger charge is 2.47. The molecule has 2 saturated heterocycles. The standard InChI is InChI=1S/C18H22N4O2/c1-21-8-7-20-17(21)18(23)22-11-13-9-19-10-15(13)16(22)12-3-5-14(24-2)6-4-12/h3-8,13,15-16,19H,9-11H2,1-2H3/t13-,15-,16+/m0/s1. The summed E-state index contributed by atoms with van der Waals surface area (Å²) >= 11 is 0. The summed E-state index contributed by atoms with van der Waals surface area (Å²) in [4.78, 5) is 19.3. The summed E-state index contributed by atoms with van der Waals surface area (Å²) in [7, 11) is 3.53. The molecule has 126 valence electrons. The third kappa shape index (κ3) is 2.38. The van der Waals surface area contributed by atoms with Crippen LogP contribution in [0, 0.1) is 11.8 Å². The van der Waals surface area contributed by atoms with Crippen LogP contribution in [0.4, 0.5) is 0 Å². The summed E-state index contributed by atoms with van der Waals surface area (Å²) in [6, 6.07) is 8.16. The van der Waals surface area contributed by atoms with E-state index in [0.717, 1.165) is 30.9 Å². The number of fused-ring (bicyclic) bond motifs is 1. The fourth-order valence-corrected chi connectivity index (χ4v) is 4.06. The average Bonchev–Trinajstić information content (AvgIpc) is 3.29. The van der Waals surface area contributed by atoms with Crippen molar-refractivity contribution in [2.75, 3.05) is 26.7 Å². The molecule has 3 atom stereocenters. The lowest BCUT2D eigenvalue weighted by Crippen LogP contribution is -2.36. The van der Waals surface area contributed by atoms with Crippen molar-refractivity contribution in [3.05, 3.63) is 48.0 Å². The third-order valence-electron chi connectivity index (χ3n) is 5.30. The molecule has 2 fully saturated rings. The van der Waals surface area contributed by atoms with Gasteiger partial charge in [-0.3, -0.25) is 4.79 Å². The van der Waals surface area contributed by atoms with Crippen LogP contribution in [-0.2, 0) is 7.05 Å². The van der Waals surface area contributed by atoms with E-state index < -0.39 is 0 Å². The van der Waals surface area contributed by atoms with Crippen LogP contribution in [-0.4, -0.2) is 47.1 Å². The molecular formula is C18H22N4O2. The van der Waals surface area contributed by atoms with Crippen LogP contribution >= 0.6 is 0 Å². The van der Waals surface area contributed by atoms with Crippen LogP contribution in [0.15, 0.2) is 36.7 Å². The Hall–Kier alpha value is -2.34. The Balaban J connectivity index is 1.69. The van der Waals surface area contributed by atoms with Gasteiger partial charge < -0.3 is 19.5 Å². The second-order valence-corrected chi connectivity index (χ2v) is 6.62. The van der Waals surface area contributed by atoms with Crippen LogP contribution in [0.5, 0.6) is 5.75 Å². The smallest absolute Gasteiger partial charge is 0.290 e. The number of rotatable bonds is 3. The first-order valence-electron chi connectivity index (χ1n) is 8.32. The minimum atomic E-state index is 0.0118. The first kappa shape index (κ1) is 15.2. The van der Waals surface area contributed by atoms with E-state index in [1.54, 1.807) is 17.9 Å². The van der Waals surface area contributed by atoms with Crippen molar-refractivity contribution >= 4 is 5.91 Å². The van der Waals surface area contributed by atoms with E-state index in [1.807, 2.05) is 30.3 Å². The number of aryl methyl sites for hydroxylation is 1. The van der Waals surface area contributed by atoms with Crippen LogP contribution in [0.1, 0.15) is 22.2 Å². The zero-order chi connectivity index (χ0) is 16.7. The van der Waals surface area contributed by atoms with Gasteiger partial charge in [-0.15, -0.1) is 0 Å². The molecule has 3 heterocycles. The molecule has 0 radical (unpaired) electrons. The first-order valence-corrected chi connectivity index (χ1v) is 8.32. The van der Waals surface area contributed by atoms with Gasteiger partial charge in [0.1, 0.15) is 5.75 Å². The number of hydrogen-bond acceptors (Lipinski definition) is 4. The molecule has 6 nitrogen and oxygen atoms in total. The minimum Gasteiger partial charge on any atom is -0.497 e. The number of aromatic nitrogens is 2. The van der Waals surface area contributed by atoms with E-state index in [4.69, 9.17) is 4.74 Å². The number of methoxy groups -OCH3 is 1. The topological polar surface area (TPSA) is 59.4 Å². The molecule has 0 spiro atoms. The molecule has 0 aliphatic carbocycles. The number of nitrogens with zero attached hydrogens (tertiary/aromatic N) is 3. The number of imidazole rings is 1. The monoisotopic (exact) mass is 326 g/mol. The Bertz CT molecular complexity index is 740. The molecule has 2 aliphatic heterocycles. The fourth-order valence-electron chi connectivity index (χ4n) is 4.06. The van der Waals surface area contributed by atoms with Gasteiger partial charge in [0.25, 0.3) is 5.91 Å². The molecule has 4 rings (SSSR count). The third-order valence-corrected chi connectivity index (χ3v) is 5.30. The fraction of sp³-hybridized carbons (Fsp3) is 0.444. The highest BCUT2D eigenvalue weighted by atomic mass is 16.5. The number of hydrogen-bond donors (Lipinski definition) is 1. The van der Waals surface area contributed by atoms with E-state index in [0.29, 0.717) is 17.7 Å². The molecule has 1 aromatic heterocycles. The molecule has 6 heteroatoms. The molecule has 1 N–H and O–H groups in total. The van der Waals surface area contributed by atoms with Crippen molar-refractivity contribution in [1.29, 1.82) is 0 Å². The number of carbonyl (C=O) groups is 1. The number of likely N-dealkylation sites (tertiary alicyclic amines) is 1. The number of ether oxygens (including phenoxy) is 1. The molecule has 0 bridgehead atoms. The number of carbonyl (C=O) groups excluding carboxylic acids is 1. The minimum absolute atomic E-state index is 0.0118. The lowest BCUT2D eigenvalue weighted by atomic mass is 9.89. The second-order valence-electron chi connectivity index (χ2n) is 6.62. The largest absolute Gasteiger partial charge is 0.497 e. The van der Waals surface area contributed by atoms with E-state index in [9.17, 15) is 4.79 Å². The molecular weight excluding hydrogens is 304 g/mol. The Kier molecular flexibility index (Phi) is 3.76. The molecule has 24 heavy (non-hydrogen) atoms. The summed E-state index contributed by atoms with van der Waals surface area (Å²) in [5, 5.41) is 3.47. The highest BCUT2D eigenvalue weighted by molar-refractivity contribution is 5.91. The van der Waals surface area contributed by atoms with Crippen LogP contribution < -0.4 is 10.1 Å². The summed E-state index contributed by atoms with van der Waals surface area (Å²) in [5.41, 5.74) is 1.16. The van der Waals surface area contributed by atoms with Crippen LogP contribution in [0.3, 0.4) is 0 Å². The van der Waals surface area contributed by atoms with Gasteiger partial charge in [0.2, 0.25) is 0 Å². The van der Waals surface area contributed by atoms with Gasteiger partial charge in [0, 0.05) is 45.0 Å². The molecule has 0 unspecified atom stereocenters. The Morgan fingerprint density at radius 3 is 2.75 bits per heavy atom. The van der Waals surface area contributed by atoms with E-state index in [-0.39, 0.29) is 11.9 Å². The maximum absolute atomic E-state index is 13.1. The number of nitrogens with one attached hydrogen (secondary N) is 1. The SMILES string of the molecule is COc1ccc([C@@H]2[C@H]3CNC[C@H]3CN2C(=O)c2nccn2C)cc1. The molecule has 2 aliphatic rings. The summed E-state index contributed by atoms with van der Waals surface area (Å²) in [6.45, 7) is 2.70. The van der Waals surface area contributed by atoms with Crippen molar-refractivity contribution < 1.29 is 9.53 Å². The van der Waals surface area contributed by atoms with E-state index in [1.165, 1.54) is 0 Å². The second kappa shape index (κ2) is 5.94. The van der Waals surface area contributed by atoms with Crippen LogP contribution in [0.25, 0.3) is 0 Å². The Morgan fingerprint density at radius 1 is 1.29 bits per heavy atom. The predicted octanol–water partition coefficient (Wildman–Crippen LogP) is 1.46. The summed E-state index contributed by atoms with van der Waals surface area (Å²) in [6.07, 6.45) is 3.49. The summed E-state index contributed by atoms with van der Waals surface area (Å²) < 4.78 is 7.05. The van der Waals surface area contributed by atoms with Gasteiger partial charge >= 0.3 is 0 Å². The lowest BCUT2D eigenvalue weighted by Gasteiger charge is -2.28. The number of amides is 1. The van der Waals surface area contributed by atoms with Gasteiger partial charge in [-0.05, 0) is 23.6 Å². The van der Waals surface area contributed by atoms with E-state index >= 15 is 0 Å². The van der Waals surface area contributed by atoms with Crippen molar-refractivity contribution in [1.82, 2.24) is 19.8 Å². The molecule has 1 aromatic carbocycles. The highest BCUT2D eigenvalue weighted by Crippen LogP contribution is 2.43. The predicted molar refractivity (Wildman–Crippen MR) is 89.8 cm³/mol. The normalized spacial score (nSPS) is 25.8.